The molecule has 5 rings (SSSR count). The topological polar surface area (TPSA) is 63.2 Å². The number of halogens is 3. The van der Waals surface area contributed by atoms with Gasteiger partial charge in [-0.1, -0.05) is 12.1 Å². The van der Waals surface area contributed by atoms with Gasteiger partial charge in [0.15, 0.2) is 5.82 Å². The number of hydrogen-bond donors (Lipinski definition) is 1. The summed E-state index contributed by atoms with van der Waals surface area (Å²) < 4.78 is 44.2. The van der Waals surface area contributed by atoms with Gasteiger partial charge in [0, 0.05) is 25.0 Å². The molecule has 6 nitrogen and oxygen atoms in total. The average molecular weight is 415 g/mol. The molecule has 1 N–H and O–H groups in total. The highest BCUT2D eigenvalue weighted by Gasteiger charge is 2.49. The first-order valence-electron chi connectivity index (χ1n) is 9.69. The van der Waals surface area contributed by atoms with E-state index in [1.165, 1.54) is 6.07 Å². The Bertz CT molecular complexity index is 1110. The van der Waals surface area contributed by atoms with E-state index < -0.39 is 11.7 Å². The third-order valence-electron chi connectivity index (χ3n) is 5.72. The average Bonchev–Trinajstić information content (AvgIpc) is 2.65. The van der Waals surface area contributed by atoms with Crippen molar-refractivity contribution in [1.29, 1.82) is 0 Å². The fraction of sp³-hybridized carbons (Fsp3) is 0.381. The van der Waals surface area contributed by atoms with Crippen molar-refractivity contribution in [3.8, 4) is 0 Å². The number of aryl methyl sites for hydroxylation is 1. The van der Waals surface area contributed by atoms with Crippen molar-refractivity contribution in [2.24, 2.45) is 5.41 Å². The van der Waals surface area contributed by atoms with E-state index in [2.05, 4.69) is 25.4 Å². The molecule has 1 aromatic carbocycles. The lowest BCUT2D eigenvalue weighted by Gasteiger charge is -2.55. The molecule has 1 spiro atoms. The van der Waals surface area contributed by atoms with E-state index in [9.17, 15) is 13.2 Å². The van der Waals surface area contributed by atoms with Gasteiger partial charge in [-0.2, -0.15) is 18.3 Å². The molecule has 2 aromatic heterocycles. The second-order valence-electron chi connectivity index (χ2n) is 8.12. The lowest BCUT2D eigenvalue weighted by molar-refractivity contribution is -0.137. The van der Waals surface area contributed by atoms with E-state index in [4.69, 9.17) is 4.74 Å². The molecule has 2 aliphatic rings. The van der Waals surface area contributed by atoms with Crippen LogP contribution in [-0.2, 0) is 17.5 Å². The first-order valence-corrected chi connectivity index (χ1v) is 9.69. The number of benzene rings is 1. The molecule has 3 aromatic rings. The lowest BCUT2D eigenvalue weighted by atomic mass is 9.78. The van der Waals surface area contributed by atoms with Crippen LogP contribution >= 0.6 is 0 Å². The van der Waals surface area contributed by atoms with E-state index in [1.807, 2.05) is 19.2 Å². The Kier molecular flexibility index (Phi) is 4.32. The summed E-state index contributed by atoms with van der Waals surface area (Å²) in [6.45, 7) is 5.52. The first kappa shape index (κ1) is 19.0. The summed E-state index contributed by atoms with van der Waals surface area (Å²) >= 11 is 0. The quantitative estimate of drug-likeness (QED) is 0.700. The minimum atomic E-state index is -4.37. The summed E-state index contributed by atoms with van der Waals surface area (Å²) in [5.41, 5.74) is 2.55. The smallest absolute Gasteiger partial charge is 0.380 e. The summed E-state index contributed by atoms with van der Waals surface area (Å²) in [5, 5.41) is 12.3. The van der Waals surface area contributed by atoms with E-state index in [0.717, 1.165) is 55.0 Å². The fourth-order valence-corrected chi connectivity index (χ4v) is 4.02. The highest BCUT2D eigenvalue weighted by Crippen LogP contribution is 2.41. The number of rotatable bonds is 4. The standard InChI is InChI=1S/C21H20F3N5O/c1-13-18-17(6-16(8-25-18)29-9-20(10-29)11-30-12-20)19(28-27-13)26-7-14-3-2-4-15(5-14)21(22,23)24/h2-6,8H,7,9-12H2,1H3,(H,26,28). The maximum absolute atomic E-state index is 13.0. The predicted molar refractivity (Wildman–Crippen MR) is 106 cm³/mol. The zero-order valence-corrected chi connectivity index (χ0v) is 16.3. The van der Waals surface area contributed by atoms with Crippen LogP contribution in [0.5, 0.6) is 0 Å². The van der Waals surface area contributed by atoms with Gasteiger partial charge in [0.05, 0.1) is 47.3 Å². The molecule has 0 amide bonds. The van der Waals surface area contributed by atoms with Crippen LogP contribution in [-0.4, -0.2) is 41.5 Å². The second kappa shape index (κ2) is 6.80. The van der Waals surface area contributed by atoms with E-state index >= 15 is 0 Å². The van der Waals surface area contributed by atoms with Crippen molar-refractivity contribution in [2.75, 3.05) is 36.5 Å². The van der Waals surface area contributed by atoms with Crippen LogP contribution in [0.1, 0.15) is 16.8 Å². The van der Waals surface area contributed by atoms with Crippen molar-refractivity contribution < 1.29 is 17.9 Å². The molecule has 2 fully saturated rings. The van der Waals surface area contributed by atoms with Crippen LogP contribution < -0.4 is 10.2 Å². The number of anilines is 2. The molecule has 30 heavy (non-hydrogen) atoms. The number of nitrogens with zero attached hydrogens (tertiary/aromatic N) is 4. The summed E-state index contributed by atoms with van der Waals surface area (Å²) in [5.74, 6) is 0.504. The Hall–Kier alpha value is -2.94. The van der Waals surface area contributed by atoms with Gasteiger partial charge in [-0.25, -0.2) is 0 Å². The molecule has 4 heterocycles. The van der Waals surface area contributed by atoms with Gasteiger partial charge in [0.25, 0.3) is 0 Å². The normalized spacial score (nSPS) is 17.7. The van der Waals surface area contributed by atoms with Crippen LogP contribution in [0.4, 0.5) is 24.7 Å². The molecule has 0 atom stereocenters. The van der Waals surface area contributed by atoms with Crippen molar-refractivity contribution in [2.45, 2.75) is 19.6 Å². The number of alkyl halides is 3. The van der Waals surface area contributed by atoms with Crippen molar-refractivity contribution in [3.05, 3.63) is 53.3 Å². The molecule has 2 aliphatic heterocycles. The van der Waals surface area contributed by atoms with Gasteiger partial charge in [0.1, 0.15) is 0 Å². The molecular weight excluding hydrogens is 395 g/mol. The number of ether oxygens (including phenoxy) is 1. The first-order chi connectivity index (χ1) is 14.3. The summed E-state index contributed by atoms with van der Waals surface area (Å²) in [7, 11) is 0. The minimum Gasteiger partial charge on any atom is -0.380 e. The molecular formula is C21H20F3N5O. The zero-order chi connectivity index (χ0) is 20.9. The number of hydrogen-bond acceptors (Lipinski definition) is 6. The monoisotopic (exact) mass is 415 g/mol. The molecule has 0 saturated carbocycles. The largest absolute Gasteiger partial charge is 0.416 e. The van der Waals surface area contributed by atoms with E-state index in [-0.39, 0.29) is 12.0 Å². The molecule has 0 unspecified atom stereocenters. The Morgan fingerprint density at radius 3 is 2.67 bits per heavy atom. The number of aromatic nitrogens is 3. The van der Waals surface area contributed by atoms with Gasteiger partial charge >= 0.3 is 6.18 Å². The van der Waals surface area contributed by atoms with Gasteiger partial charge in [-0.15, -0.1) is 5.10 Å². The van der Waals surface area contributed by atoms with Crippen LogP contribution in [0.15, 0.2) is 36.5 Å². The van der Waals surface area contributed by atoms with Crippen LogP contribution in [0.2, 0.25) is 0 Å². The zero-order valence-electron chi connectivity index (χ0n) is 16.3. The van der Waals surface area contributed by atoms with Crippen LogP contribution in [0.3, 0.4) is 0 Å². The van der Waals surface area contributed by atoms with Crippen LogP contribution in [0, 0.1) is 12.3 Å². The number of pyridine rings is 1. The van der Waals surface area contributed by atoms with Crippen molar-refractivity contribution in [3.63, 3.8) is 0 Å². The van der Waals surface area contributed by atoms with Gasteiger partial charge in [0.2, 0.25) is 0 Å². The highest BCUT2D eigenvalue weighted by molar-refractivity contribution is 5.92. The predicted octanol–water partition coefficient (Wildman–Crippen LogP) is 3.80. The summed E-state index contributed by atoms with van der Waals surface area (Å²) in [4.78, 5) is 6.82. The van der Waals surface area contributed by atoms with Crippen LogP contribution in [0.25, 0.3) is 10.9 Å². The fourth-order valence-electron chi connectivity index (χ4n) is 4.02. The maximum atomic E-state index is 13.0. The third kappa shape index (κ3) is 3.32. The Balaban J connectivity index is 1.40. The number of nitrogens with one attached hydrogen (secondary N) is 1. The molecule has 2 saturated heterocycles. The highest BCUT2D eigenvalue weighted by atomic mass is 19.4. The van der Waals surface area contributed by atoms with Gasteiger partial charge in [-0.3, -0.25) is 4.98 Å². The maximum Gasteiger partial charge on any atom is 0.416 e. The SMILES string of the molecule is Cc1nnc(NCc2cccc(C(F)(F)F)c2)c2cc(N3CC4(COC4)C3)cnc12. The molecule has 9 heteroatoms. The Labute approximate surface area is 171 Å². The van der Waals surface area contributed by atoms with E-state index in [0.29, 0.717) is 17.1 Å². The molecule has 156 valence electrons. The number of fused-ring (bicyclic) bond motifs is 1. The van der Waals surface area contributed by atoms with Gasteiger partial charge < -0.3 is 15.0 Å². The van der Waals surface area contributed by atoms with E-state index in [1.54, 1.807) is 6.07 Å². The van der Waals surface area contributed by atoms with Crippen molar-refractivity contribution in [1.82, 2.24) is 15.2 Å². The Morgan fingerprint density at radius 1 is 1.17 bits per heavy atom. The molecule has 0 aliphatic carbocycles. The Morgan fingerprint density at radius 2 is 1.97 bits per heavy atom. The second-order valence-corrected chi connectivity index (χ2v) is 8.12. The van der Waals surface area contributed by atoms with Gasteiger partial charge in [-0.05, 0) is 30.7 Å². The summed E-state index contributed by atoms with van der Waals surface area (Å²) in [6.07, 6.45) is -2.54. The lowest BCUT2D eigenvalue weighted by Crippen LogP contribution is -2.66. The third-order valence-corrected chi connectivity index (χ3v) is 5.72. The minimum absolute atomic E-state index is 0.200. The summed E-state index contributed by atoms with van der Waals surface area (Å²) in [6, 6.07) is 7.28. The molecule has 0 radical (unpaired) electrons. The van der Waals surface area contributed by atoms with Crippen molar-refractivity contribution >= 4 is 22.4 Å². The molecule has 0 bridgehead atoms.